The van der Waals surface area contributed by atoms with E-state index >= 15 is 0 Å². The Labute approximate surface area is 343 Å². The minimum Gasteiger partial charge on any atom is -0.489 e. The SMILES string of the molecule is NN=C1CC=CC(C=O)=C1S(=O)(=O)O.NNc1ccc(C(=O)NCCCNC(=O)C2(c3ccc4c(c3)OCC(Cc3ccc(-c5ccccc5)cc3)=C4)CCCC2)cn1. The first kappa shape index (κ1) is 42.2. The van der Waals surface area contributed by atoms with Gasteiger partial charge in [-0.2, -0.15) is 13.5 Å². The van der Waals surface area contributed by atoms with E-state index in [0.717, 1.165) is 49.0 Å². The van der Waals surface area contributed by atoms with Gasteiger partial charge in [0, 0.05) is 36.8 Å². The Morgan fingerprint density at radius 1 is 0.949 bits per heavy atom. The van der Waals surface area contributed by atoms with E-state index in [4.69, 9.17) is 21.0 Å². The normalized spacial score (nSPS) is 16.2. The van der Waals surface area contributed by atoms with Crippen molar-refractivity contribution in [2.24, 2.45) is 16.8 Å². The van der Waals surface area contributed by atoms with Crippen LogP contribution in [0.3, 0.4) is 0 Å². The highest BCUT2D eigenvalue weighted by Crippen LogP contribution is 2.43. The third kappa shape index (κ3) is 10.4. The standard InChI is InChI=1S/C37H39N5O3.C7H8N2O4S/c38-42-34-16-14-31(24-41-34)35(43)39-19-6-20-40-36(44)37(17-4-5-18-37)32-15-13-30-22-27(25-45-33(30)23-32)21-26-9-11-29(12-10-26)28-7-2-1-3-8-28;8-9-6-3-1-2-5(4-10)7(6)14(11,12)13/h1-3,7-16,22-24H,4-6,17-21,25,38H2,(H,39,43)(H,40,44)(H,41,42);1-2,4H,3,8H2,(H,11,12,13). The number of anilines is 1. The number of ether oxygens (including phenoxy) is 1. The number of allylic oxidation sites excluding steroid dienone is 4. The predicted molar refractivity (Wildman–Crippen MR) is 228 cm³/mol. The third-order valence-electron chi connectivity index (χ3n) is 10.5. The molecule has 2 amide bonds. The van der Waals surface area contributed by atoms with E-state index in [1.165, 1.54) is 40.6 Å². The number of fused-ring (bicyclic) bond motifs is 1. The first-order valence-corrected chi connectivity index (χ1v) is 20.7. The number of amides is 2. The highest BCUT2D eigenvalue weighted by molar-refractivity contribution is 7.91. The fourth-order valence-electron chi connectivity index (χ4n) is 7.46. The summed E-state index contributed by atoms with van der Waals surface area (Å²) < 4.78 is 36.9. The molecule has 0 atom stereocenters. The van der Waals surface area contributed by atoms with Gasteiger partial charge >= 0.3 is 0 Å². The summed E-state index contributed by atoms with van der Waals surface area (Å²) >= 11 is 0. The molecular weight excluding hydrogens is 771 g/mol. The Balaban J connectivity index is 0.000000355. The van der Waals surface area contributed by atoms with Crippen molar-refractivity contribution in [2.45, 2.75) is 50.4 Å². The van der Waals surface area contributed by atoms with Gasteiger partial charge < -0.3 is 26.6 Å². The van der Waals surface area contributed by atoms with Crippen LogP contribution in [0.2, 0.25) is 0 Å². The molecule has 0 radical (unpaired) electrons. The average Bonchev–Trinajstić information content (AvgIpc) is 3.78. The van der Waals surface area contributed by atoms with Crippen LogP contribution in [-0.2, 0) is 31.5 Å². The molecule has 0 spiro atoms. The van der Waals surface area contributed by atoms with Crippen LogP contribution in [0.15, 0.2) is 124 Å². The number of hydrogen-bond acceptors (Lipinski definition) is 11. The molecule has 8 N–H and O–H groups in total. The molecule has 1 saturated carbocycles. The maximum Gasteiger partial charge on any atom is 0.297 e. The predicted octanol–water partition coefficient (Wildman–Crippen LogP) is 5.40. The molecular formula is C44H47N7O7S. The fraction of sp³-hybridized carbons (Fsp3) is 0.250. The second-order valence-electron chi connectivity index (χ2n) is 14.4. The number of nitrogen functional groups attached to an aromatic ring is 1. The molecule has 0 unspecified atom stereocenters. The lowest BCUT2D eigenvalue weighted by molar-refractivity contribution is -0.126. The van der Waals surface area contributed by atoms with Crippen molar-refractivity contribution in [2.75, 3.05) is 25.1 Å². The summed E-state index contributed by atoms with van der Waals surface area (Å²) in [5, 5.41) is 9.23. The van der Waals surface area contributed by atoms with Crippen LogP contribution in [0, 0.1) is 0 Å². The number of nitrogens with one attached hydrogen (secondary N) is 3. The van der Waals surface area contributed by atoms with E-state index in [0.29, 0.717) is 43.8 Å². The molecule has 306 valence electrons. The number of carbonyl (C=O) groups is 3. The van der Waals surface area contributed by atoms with Gasteiger partial charge in [-0.15, -0.1) is 0 Å². The van der Waals surface area contributed by atoms with Gasteiger partial charge in [0.15, 0.2) is 6.29 Å². The molecule has 15 heteroatoms. The Morgan fingerprint density at radius 3 is 2.34 bits per heavy atom. The Hall–Kier alpha value is -6.42. The smallest absolute Gasteiger partial charge is 0.297 e. The molecule has 14 nitrogen and oxygen atoms in total. The Morgan fingerprint density at radius 2 is 1.68 bits per heavy atom. The van der Waals surface area contributed by atoms with Gasteiger partial charge in [0.25, 0.3) is 16.0 Å². The summed E-state index contributed by atoms with van der Waals surface area (Å²) in [6.07, 6.45) is 12.1. The highest BCUT2D eigenvalue weighted by atomic mass is 32.2. The molecule has 2 aliphatic carbocycles. The van der Waals surface area contributed by atoms with Crippen molar-refractivity contribution in [1.82, 2.24) is 15.6 Å². The number of aldehydes is 1. The lowest BCUT2D eigenvalue weighted by Gasteiger charge is -2.30. The van der Waals surface area contributed by atoms with Gasteiger partial charge in [-0.1, -0.05) is 91.7 Å². The van der Waals surface area contributed by atoms with Gasteiger partial charge in [-0.25, -0.2) is 10.8 Å². The van der Waals surface area contributed by atoms with E-state index in [9.17, 15) is 22.8 Å². The van der Waals surface area contributed by atoms with Crippen molar-refractivity contribution in [1.29, 1.82) is 0 Å². The molecule has 1 fully saturated rings. The van der Waals surface area contributed by atoms with E-state index < -0.39 is 20.4 Å². The summed E-state index contributed by atoms with van der Waals surface area (Å²) in [6.45, 7) is 1.46. The average molecular weight is 818 g/mol. The molecule has 3 aliphatic rings. The summed E-state index contributed by atoms with van der Waals surface area (Å²) in [4.78, 5) is 40.0. The molecule has 2 heterocycles. The van der Waals surface area contributed by atoms with Crippen molar-refractivity contribution in [3.63, 3.8) is 0 Å². The molecule has 1 aliphatic heterocycles. The zero-order chi connectivity index (χ0) is 41.8. The molecule has 7 rings (SSSR count). The maximum absolute atomic E-state index is 13.6. The molecule has 0 bridgehead atoms. The van der Waals surface area contributed by atoms with Gasteiger partial charge in [0.2, 0.25) is 5.91 Å². The van der Waals surface area contributed by atoms with Crippen LogP contribution in [0.1, 0.15) is 65.6 Å². The van der Waals surface area contributed by atoms with Gasteiger partial charge in [0.1, 0.15) is 23.1 Å². The number of benzene rings is 3. The summed E-state index contributed by atoms with van der Waals surface area (Å²) in [5.41, 5.74) is 9.13. The van der Waals surface area contributed by atoms with E-state index in [2.05, 4.69) is 99.0 Å². The Kier molecular flexibility index (Phi) is 13.8. The number of aromatic nitrogens is 1. The van der Waals surface area contributed by atoms with Gasteiger partial charge in [-0.05, 0) is 77.8 Å². The zero-order valence-electron chi connectivity index (χ0n) is 32.4. The topological polar surface area (TPSA) is 228 Å². The van der Waals surface area contributed by atoms with Crippen molar-refractivity contribution >= 4 is 45.8 Å². The second kappa shape index (κ2) is 19.4. The minimum atomic E-state index is -4.46. The van der Waals surface area contributed by atoms with Crippen LogP contribution in [0.5, 0.6) is 5.75 Å². The number of hydrazine groups is 1. The van der Waals surface area contributed by atoms with Gasteiger partial charge in [-0.3, -0.25) is 18.9 Å². The quantitative estimate of drug-likeness (QED) is 0.0329. The maximum atomic E-state index is 13.6. The lowest BCUT2D eigenvalue weighted by atomic mass is 9.77. The largest absolute Gasteiger partial charge is 0.489 e. The van der Waals surface area contributed by atoms with Gasteiger partial charge in [0.05, 0.1) is 16.7 Å². The zero-order valence-corrected chi connectivity index (χ0v) is 33.2. The van der Waals surface area contributed by atoms with Crippen LogP contribution >= 0.6 is 0 Å². The number of nitrogens with two attached hydrogens (primary N) is 2. The molecule has 0 saturated heterocycles. The number of nitrogens with zero attached hydrogens (tertiary/aromatic N) is 2. The number of carbonyl (C=O) groups excluding carboxylic acids is 3. The Bertz CT molecular complexity index is 2390. The first-order chi connectivity index (χ1) is 28.5. The fourth-order valence-corrected chi connectivity index (χ4v) is 8.30. The van der Waals surface area contributed by atoms with Crippen molar-refractivity contribution in [3.8, 4) is 16.9 Å². The van der Waals surface area contributed by atoms with E-state index in [1.54, 1.807) is 12.1 Å². The summed E-state index contributed by atoms with van der Waals surface area (Å²) in [5.74, 6) is 11.4. The molecule has 59 heavy (non-hydrogen) atoms. The monoisotopic (exact) mass is 817 g/mol. The number of hydrogen-bond donors (Lipinski definition) is 6. The summed E-state index contributed by atoms with van der Waals surface area (Å²) in [7, 11) is -4.46. The van der Waals surface area contributed by atoms with Crippen molar-refractivity contribution in [3.05, 3.63) is 142 Å². The molecule has 4 aromatic rings. The highest BCUT2D eigenvalue weighted by Gasteiger charge is 2.43. The van der Waals surface area contributed by atoms with Crippen LogP contribution in [-0.4, -0.2) is 61.5 Å². The van der Waals surface area contributed by atoms with Crippen molar-refractivity contribution < 1.29 is 32.1 Å². The molecule has 1 aromatic heterocycles. The number of hydrazone groups is 1. The third-order valence-corrected chi connectivity index (χ3v) is 11.5. The van der Waals surface area contributed by atoms with E-state index in [-0.39, 0.29) is 29.5 Å². The van der Waals surface area contributed by atoms with Crippen LogP contribution in [0.4, 0.5) is 5.82 Å². The van der Waals surface area contributed by atoms with Crippen LogP contribution < -0.4 is 32.5 Å². The van der Waals surface area contributed by atoms with E-state index in [1.807, 2.05) is 6.07 Å². The van der Waals surface area contributed by atoms with Crippen LogP contribution in [0.25, 0.3) is 17.2 Å². The minimum absolute atomic E-state index is 0.0305. The lowest BCUT2D eigenvalue weighted by Crippen LogP contribution is -2.43. The number of rotatable bonds is 13. The second-order valence-corrected chi connectivity index (χ2v) is 15.7. The molecule has 3 aromatic carbocycles. The first-order valence-electron chi connectivity index (χ1n) is 19.3. The summed E-state index contributed by atoms with van der Waals surface area (Å²) in [6, 6.07) is 28.7. The number of pyridine rings is 1.